The number of carboxylic acids is 2. The maximum absolute atomic E-state index is 11.0. The number of rotatable bonds is 7. The van der Waals surface area contributed by atoms with Gasteiger partial charge in [-0.25, -0.2) is 4.79 Å². The average Bonchev–Trinajstić information content (AvgIpc) is 2.12. The average molecular weight is 276 g/mol. The van der Waals surface area contributed by atoms with Crippen LogP contribution in [0.1, 0.15) is 14.3 Å². The van der Waals surface area contributed by atoms with Crippen LogP contribution in [0.3, 0.4) is 0 Å². The first-order valence-electron chi connectivity index (χ1n) is 4.26. The molecule has 0 aromatic heterocycles. The van der Waals surface area contributed by atoms with Gasteiger partial charge in [-0.1, -0.05) is 0 Å². The van der Waals surface area contributed by atoms with Gasteiger partial charge >= 0.3 is 47.5 Å². The van der Waals surface area contributed by atoms with Crippen molar-refractivity contribution in [2.24, 2.45) is 0 Å². The molecule has 0 radical (unpaired) electrons. The number of carbonyl (C=O) groups excluding carboxylic acids is 1. The molecule has 0 aromatic carbocycles. The quantitative estimate of drug-likeness (QED) is 0.214. The molecule has 1 atom stereocenters. The predicted octanol–water partition coefficient (Wildman–Crippen LogP) is -3.74. The van der Waals surface area contributed by atoms with E-state index in [9.17, 15) is 19.5 Å². The van der Waals surface area contributed by atoms with Crippen molar-refractivity contribution in [2.45, 2.75) is 18.4 Å². The van der Waals surface area contributed by atoms with Crippen LogP contribution < -0.4 is 29.6 Å². The van der Waals surface area contributed by atoms with Gasteiger partial charge in [0.2, 0.25) is 0 Å². The number of carboxylic acid groups (broad SMARTS) is 2. The van der Waals surface area contributed by atoms with E-state index in [1.165, 1.54) is 0 Å². The molecule has 3 N–H and O–H groups in total. The molecule has 0 aliphatic carbocycles. The Hall–Kier alpha value is -0.280. The zero-order valence-electron chi connectivity index (χ0n) is 10.3. The van der Waals surface area contributed by atoms with Gasteiger partial charge in [0.25, 0.3) is 0 Å². The minimum Gasteiger partial charge on any atom is -1.00 e. The minimum atomic E-state index is -2.64. The summed E-state index contributed by atoms with van der Waals surface area (Å²) in [6.45, 7) is -0.0370. The molecule has 0 saturated heterocycles. The van der Waals surface area contributed by atoms with Crippen molar-refractivity contribution >= 4 is 30.5 Å². The number of aliphatic carboxylic acids is 2. The summed E-state index contributed by atoms with van der Waals surface area (Å²) in [5, 5.41) is 26.4. The molecule has 1 unspecified atom stereocenters. The summed E-state index contributed by atoms with van der Waals surface area (Å²) in [6.07, 6.45) is -1.99. The zero-order valence-corrected chi connectivity index (χ0v) is 12.1. The van der Waals surface area contributed by atoms with E-state index in [1.807, 2.05) is 0 Å². The number of esters is 1. The van der Waals surface area contributed by atoms with E-state index in [0.29, 0.717) is 0 Å². The molecule has 0 heterocycles. The monoisotopic (exact) mass is 276 g/mol. The fraction of sp³-hybridized carbons (Fsp3) is 0.625. The van der Waals surface area contributed by atoms with Crippen LogP contribution in [0.25, 0.3) is 0 Å². The molecule has 7 nitrogen and oxygen atoms in total. The van der Waals surface area contributed by atoms with E-state index >= 15 is 0 Å². The van der Waals surface area contributed by atoms with Crippen LogP contribution in [0.4, 0.5) is 0 Å². The van der Waals surface area contributed by atoms with Gasteiger partial charge in [-0.3, -0.25) is 9.59 Å². The van der Waals surface area contributed by atoms with E-state index in [-0.39, 0.29) is 43.3 Å². The number of hydrogen-bond donors (Lipinski definition) is 4. The molecule has 0 spiro atoms. The molecular weight excluding hydrogens is 263 g/mol. The molecule has 9 heteroatoms. The Kier molecular flexibility index (Phi) is 9.82. The van der Waals surface area contributed by atoms with Crippen molar-refractivity contribution in [1.82, 2.24) is 0 Å². The van der Waals surface area contributed by atoms with Crippen LogP contribution in [-0.4, -0.2) is 51.2 Å². The van der Waals surface area contributed by atoms with Gasteiger partial charge in [-0.05, 0) is 0 Å². The van der Waals surface area contributed by atoms with Gasteiger partial charge in [0, 0.05) is 5.75 Å². The Morgan fingerprint density at radius 2 is 1.76 bits per heavy atom. The Morgan fingerprint density at radius 3 is 2.12 bits per heavy atom. The van der Waals surface area contributed by atoms with E-state index in [4.69, 9.17) is 10.2 Å². The largest absolute Gasteiger partial charge is 1.00 e. The van der Waals surface area contributed by atoms with Crippen molar-refractivity contribution in [3.63, 3.8) is 0 Å². The Bertz CT molecular complexity index is 301. The van der Waals surface area contributed by atoms with E-state index in [1.54, 1.807) is 0 Å². The van der Waals surface area contributed by atoms with E-state index < -0.39 is 36.4 Å². The summed E-state index contributed by atoms with van der Waals surface area (Å²) in [5.74, 6) is -4.04. The Balaban J connectivity index is -0.00000112. The van der Waals surface area contributed by atoms with Gasteiger partial charge in [0.1, 0.15) is 6.61 Å². The van der Waals surface area contributed by atoms with E-state index in [2.05, 4.69) is 17.4 Å². The first-order chi connectivity index (χ1) is 7.31. The first kappa shape index (κ1) is 19.1. The number of hydrogen-bond acceptors (Lipinski definition) is 6. The third-order valence-corrected chi connectivity index (χ3v) is 1.82. The molecular formula is C8H13NaO7S. The molecule has 0 bridgehead atoms. The van der Waals surface area contributed by atoms with E-state index in [0.717, 1.165) is 0 Å². The molecule has 94 valence electrons. The van der Waals surface area contributed by atoms with Gasteiger partial charge in [-0.15, -0.1) is 0 Å². The topological polar surface area (TPSA) is 121 Å². The third kappa shape index (κ3) is 7.61. The fourth-order valence-electron chi connectivity index (χ4n) is 0.913. The standard InChI is InChI=1S/C8H12O7S.Na.H/c9-5(10)3-8(14,7(12)13)4-6(11)15-1-2-16;;/h14,16H,1-4H2,(H,9,10)(H,12,13);;/q;+1;-1. The SMILES string of the molecule is O=C(O)CC(O)(CC(=O)OCCS)C(=O)O.[H-].[Na+]. The normalized spacial score (nSPS) is 13.1. The van der Waals surface area contributed by atoms with Gasteiger partial charge in [0.15, 0.2) is 5.60 Å². The fourth-order valence-corrected chi connectivity index (χ4v) is 1.00. The van der Waals surface area contributed by atoms with Crippen molar-refractivity contribution in [1.29, 1.82) is 0 Å². The molecule has 0 aliphatic rings. The Morgan fingerprint density at radius 1 is 1.24 bits per heavy atom. The molecule has 0 fully saturated rings. The maximum Gasteiger partial charge on any atom is 1.00 e. The third-order valence-electron chi connectivity index (χ3n) is 1.63. The molecule has 17 heavy (non-hydrogen) atoms. The smallest absolute Gasteiger partial charge is 1.00 e. The molecule has 0 aliphatic heterocycles. The number of carbonyl (C=O) groups is 3. The summed E-state index contributed by atoms with van der Waals surface area (Å²) in [5.41, 5.74) is -2.64. The van der Waals surface area contributed by atoms with Crippen LogP contribution in [-0.2, 0) is 19.1 Å². The zero-order chi connectivity index (χ0) is 12.8. The van der Waals surface area contributed by atoms with Gasteiger partial charge in [-0.2, -0.15) is 12.6 Å². The molecule has 0 amide bonds. The second kappa shape index (κ2) is 8.76. The minimum absolute atomic E-state index is 0. The van der Waals surface area contributed by atoms with Crippen LogP contribution in [0.5, 0.6) is 0 Å². The second-order valence-corrected chi connectivity index (χ2v) is 3.48. The van der Waals surface area contributed by atoms with Crippen molar-refractivity contribution in [3.05, 3.63) is 0 Å². The maximum atomic E-state index is 11.0. The van der Waals surface area contributed by atoms with Crippen molar-refractivity contribution < 1.29 is 65.4 Å². The summed E-state index contributed by atoms with van der Waals surface area (Å²) < 4.78 is 4.49. The van der Waals surface area contributed by atoms with Crippen LogP contribution in [0, 0.1) is 0 Å². The summed E-state index contributed by atoms with van der Waals surface area (Å²) in [6, 6.07) is 0. The van der Waals surface area contributed by atoms with Crippen LogP contribution in [0.15, 0.2) is 0 Å². The molecule has 0 saturated carbocycles. The summed E-state index contributed by atoms with van der Waals surface area (Å²) in [4.78, 5) is 32.0. The molecule has 0 rings (SSSR count). The van der Waals surface area contributed by atoms with Gasteiger partial charge in [0.05, 0.1) is 12.8 Å². The number of aliphatic hydroxyl groups is 1. The number of ether oxygens (including phenoxy) is 1. The molecule has 0 aromatic rings. The van der Waals surface area contributed by atoms with Crippen molar-refractivity contribution in [2.75, 3.05) is 12.4 Å². The Labute approximate surface area is 126 Å². The van der Waals surface area contributed by atoms with Crippen LogP contribution in [0.2, 0.25) is 0 Å². The van der Waals surface area contributed by atoms with Gasteiger partial charge < -0.3 is 21.5 Å². The summed E-state index contributed by atoms with van der Waals surface area (Å²) >= 11 is 3.75. The number of thiol groups is 1. The second-order valence-electron chi connectivity index (χ2n) is 3.03. The predicted molar refractivity (Wildman–Crippen MR) is 55.4 cm³/mol. The van der Waals surface area contributed by atoms with Crippen molar-refractivity contribution in [3.8, 4) is 0 Å². The summed E-state index contributed by atoms with van der Waals surface area (Å²) in [7, 11) is 0. The first-order valence-corrected chi connectivity index (χ1v) is 4.89. The van der Waals surface area contributed by atoms with Crippen LogP contribution >= 0.6 is 12.6 Å².